The molecular weight excluding hydrogens is 194 g/mol. The number of hydrogen-bond acceptors (Lipinski definition) is 3. The first kappa shape index (κ1) is 11.8. The Kier molecular flexibility index (Phi) is 4.87. The molecule has 4 nitrogen and oxygen atoms in total. The molecule has 1 rings (SSSR count). The zero-order valence-corrected chi connectivity index (χ0v) is 9.02. The van der Waals surface area contributed by atoms with E-state index < -0.39 is 0 Å². The van der Waals surface area contributed by atoms with Crippen molar-refractivity contribution >= 4 is 12.4 Å². The summed E-state index contributed by atoms with van der Waals surface area (Å²) < 4.78 is 4.96. The van der Waals surface area contributed by atoms with Crippen molar-refractivity contribution in [3.8, 4) is 0 Å². The minimum atomic E-state index is -0.280. The van der Waals surface area contributed by atoms with Crippen LogP contribution in [0.2, 0.25) is 0 Å². The second kappa shape index (κ2) is 6.22. The molecule has 0 aromatic carbocycles. The molecule has 1 atom stereocenters. The van der Waals surface area contributed by atoms with Gasteiger partial charge in [-0.05, 0) is 19.8 Å². The van der Waals surface area contributed by atoms with Crippen molar-refractivity contribution in [2.75, 3.05) is 13.2 Å². The van der Waals surface area contributed by atoms with Gasteiger partial charge in [0.05, 0.1) is 12.6 Å². The number of aldehydes is 1. The van der Waals surface area contributed by atoms with Crippen molar-refractivity contribution in [3.05, 3.63) is 12.2 Å². The van der Waals surface area contributed by atoms with Gasteiger partial charge in [0.1, 0.15) is 6.29 Å². The second-order valence-electron chi connectivity index (χ2n) is 3.42. The van der Waals surface area contributed by atoms with E-state index in [2.05, 4.69) is 0 Å². The van der Waals surface area contributed by atoms with E-state index in [1.165, 1.54) is 0 Å². The number of rotatable bonds is 4. The summed E-state index contributed by atoms with van der Waals surface area (Å²) >= 11 is 0. The van der Waals surface area contributed by atoms with Crippen LogP contribution in [0, 0.1) is 0 Å². The third-order valence-electron chi connectivity index (χ3n) is 2.38. The first-order valence-corrected chi connectivity index (χ1v) is 5.33. The highest BCUT2D eigenvalue weighted by Crippen LogP contribution is 2.15. The number of ether oxygens (including phenoxy) is 1. The molecule has 0 saturated carbocycles. The van der Waals surface area contributed by atoms with Crippen LogP contribution >= 0.6 is 0 Å². The molecule has 1 amide bonds. The van der Waals surface area contributed by atoms with E-state index in [-0.39, 0.29) is 12.1 Å². The molecule has 0 fully saturated rings. The van der Waals surface area contributed by atoms with E-state index in [1.807, 2.05) is 12.2 Å². The summed E-state index contributed by atoms with van der Waals surface area (Å²) in [5, 5.41) is 0. The van der Waals surface area contributed by atoms with Crippen LogP contribution in [-0.4, -0.2) is 36.5 Å². The number of carbonyl (C=O) groups is 2. The van der Waals surface area contributed by atoms with Crippen LogP contribution < -0.4 is 0 Å². The van der Waals surface area contributed by atoms with Gasteiger partial charge in [0.2, 0.25) is 0 Å². The molecule has 0 saturated heterocycles. The number of carbonyl (C=O) groups excluding carboxylic acids is 2. The zero-order chi connectivity index (χ0) is 11.1. The molecule has 1 heterocycles. The molecule has 1 aliphatic rings. The molecular formula is C11H17NO3. The van der Waals surface area contributed by atoms with Crippen molar-refractivity contribution in [3.63, 3.8) is 0 Å². The van der Waals surface area contributed by atoms with Gasteiger partial charge >= 0.3 is 6.09 Å². The number of hydrogen-bond donors (Lipinski definition) is 0. The van der Waals surface area contributed by atoms with Crippen LogP contribution in [0.3, 0.4) is 0 Å². The van der Waals surface area contributed by atoms with E-state index in [0.29, 0.717) is 26.0 Å². The fraction of sp³-hybridized carbons (Fsp3) is 0.636. The lowest BCUT2D eigenvalue weighted by Crippen LogP contribution is -2.42. The Bertz CT molecular complexity index is 250. The van der Waals surface area contributed by atoms with Gasteiger partial charge < -0.3 is 14.4 Å². The molecule has 0 radical (unpaired) electrons. The van der Waals surface area contributed by atoms with Crippen LogP contribution in [0.5, 0.6) is 0 Å². The quantitative estimate of drug-likeness (QED) is 0.525. The highest BCUT2D eigenvalue weighted by atomic mass is 16.6. The van der Waals surface area contributed by atoms with Gasteiger partial charge in [-0.3, -0.25) is 0 Å². The molecule has 15 heavy (non-hydrogen) atoms. The van der Waals surface area contributed by atoms with Crippen LogP contribution in [0.15, 0.2) is 12.2 Å². The Hall–Kier alpha value is -1.32. The van der Waals surface area contributed by atoms with Crippen molar-refractivity contribution in [2.24, 2.45) is 0 Å². The van der Waals surface area contributed by atoms with E-state index >= 15 is 0 Å². The van der Waals surface area contributed by atoms with E-state index in [4.69, 9.17) is 4.74 Å². The van der Waals surface area contributed by atoms with Gasteiger partial charge in [0.25, 0.3) is 0 Å². The first-order valence-electron chi connectivity index (χ1n) is 5.33. The van der Waals surface area contributed by atoms with E-state index in [1.54, 1.807) is 11.8 Å². The third kappa shape index (κ3) is 3.38. The Morgan fingerprint density at radius 1 is 1.67 bits per heavy atom. The van der Waals surface area contributed by atoms with Crippen LogP contribution in [-0.2, 0) is 9.53 Å². The fourth-order valence-corrected chi connectivity index (χ4v) is 1.66. The van der Waals surface area contributed by atoms with Gasteiger partial charge in [0, 0.05) is 13.0 Å². The van der Waals surface area contributed by atoms with Gasteiger partial charge in [-0.25, -0.2) is 4.79 Å². The summed E-state index contributed by atoms with van der Waals surface area (Å²) in [6.45, 7) is 2.86. The maximum absolute atomic E-state index is 11.6. The topological polar surface area (TPSA) is 46.6 Å². The smallest absolute Gasteiger partial charge is 0.410 e. The lowest BCUT2D eigenvalue weighted by atomic mass is 10.1. The summed E-state index contributed by atoms with van der Waals surface area (Å²) in [6.07, 6.45) is 6.64. The predicted molar refractivity (Wildman–Crippen MR) is 56.6 cm³/mol. The molecule has 0 spiro atoms. The molecule has 4 heteroatoms. The Morgan fingerprint density at radius 3 is 3.13 bits per heavy atom. The Balaban J connectivity index is 2.55. The molecule has 1 aliphatic heterocycles. The molecule has 0 aromatic heterocycles. The highest BCUT2D eigenvalue weighted by molar-refractivity contribution is 5.68. The average molecular weight is 211 g/mol. The molecule has 0 aliphatic carbocycles. The van der Waals surface area contributed by atoms with Crippen LogP contribution in [0.25, 0.3) is 0 Å². The summed E-state index contributed by atoms with van der Waals surface area (Å²) in [4.78, 5) is 23.5. The number of amides is 1. The minimum Gasteiger partial charge on any atom is -0.450 e. The normalized spacial score (nSPS) is 20.1. The lowest BCUT2D eigenvalue weighted by Gasteiger charge is -2.31. The Morgan fingerprint density at radius 2 is 2.47 bits per heavy atom. The lowest BCUT2D eigenvalue weighted by molar-refractivity contribution is -0.108. The maximum Gasteiger partial charge on any atom is 0.410 e. The zero-order valence-electron chi connectivity index (χ0n) is 9.02. The molecule has 1 unspecified atom stereocenters. The average Bonchev–Trinajstić information content (AvgIpc) is 2.27. The molecule has 0 aromatic rings. The molecule has 0 bridgehead atoms. The standard InChI is InChI=1S/C11H17NO3/c1-2-15-11(14)12-8-4-3-6-10(12)7-5-9-13/h3,6,9-10H,2,4-5,7-8H2,1H3. The maximum atomic E-state index is 11.6. The first-order chi connectivity index (χ1) is 7.29. The summed E-state index contributed by atoms with van der Waals surface area (Å²) in [7, 11) is 0. The van der Waals surface area contributed by atoms with E-state index in [0.717, 1.165) is 12.7 Å². The van der Waals surface area contributed by atoms with Crippen LogP contribution in [0.4, 0.5) is 4.79 Å². The second-order valence-corrected chi connectivity index (χ2v) is 3.42. The van der Waals surface area contributed by atoms with E-state index in [9.17, 15) is 9.59 Å². The summed E-state index contributed by atoms with van der Waals surface area (Å²) in [5.74, 6) is 0. The Labute approximate surface area is 89.9 Å². The largest absolute Gasteiger partial charge is 0.450 e. The van der Waals surface area contributed by atoms with Crippen molar-refractivity contribution in [1.29, 1.82) is 0 Å². The molecule has 84 valence electrons. The van der Waals surface area contributed by atoms with Crippen LogP contribution in [0.1, 0.15) is 26.2 Å². The SMILES string of the molecule is CCOC(=O)N1CCC=CC1CCC=O. The highest BCUT2D eigenvalue weighted by Gasteiger charge is 2.23. The van der Waals surface area contributed by atoms with Gasteiger partial charge in [-0.2, -0.15) is 0 Å². The summed E-state index contributed by atoms with van der Waals surface area (Å²) in [6, 6.07) is 0.0167. The predicted octanol–water partition coefficient (Wildman–Crippen LogP) is 1.75. The monoisotopic (exact) mass is 211 g/mol. The van der Waals surface area contributed by atoms with Crippen molar-refractivity contribution < 1.29 is 14.3 Å². The van der Waals surface area contributed by atoms with Gasteiger partial charge in [0.15, 0.2) is 0 Å². The fourth-order valence-electron chi connectivity index (χ4n) is 1.66. The number of nitrogens with zero attached hydrogens (tertiary/aromatic N) is 1. The van der Waals surface area contributed by atoms with Gasteiger partial charge in [-0.15, -0.1) is 0 Å². The van der Waals surface area contributed by atoms with Gasteiger partial charge in [-0.1, -0.05) is 12.2 Å². The molecule has 0 N–H and O–H groups in total. The summed E-state index contributed by atoms with van der Waals surface area (Å²) in [5.41, 5.74) is 0. The van der Waals surface area contributed by atoms with Crippen molar-refractivity contribution in [2.45, 2.75) is 32.2 Å². The minimum absolute atomic E-state index is 0.0167. The third-order valence-corrected chi connectivity index (χ3v) is 2.38. The van der Waals surface area contributed by atoms with Crippen molar-refractivity contribution in [1.82, 2.24) is 4.90 Å².